The number of carbonyl (C=O) groups excluding carboxylic acids is 3. The van der Waals surface area contributed by atoms with E-state index in [1.807, 2.05) is 0 Å². The van der Waals surface area contributed by atoms with Crippen LogP contribution in [0.4, 0.5) is 0 Å². The summed E-state index contributed by atoms with van der Waals surface area (Å²) in [4.78, 5) is 38.1. The van der Waals surface area contributed by atoms with Crippen LogP contribution in [0, 0.1) is 0 Å². The molecule has 0 aliphatic heterocycles. The lowest BCUT2D eigenvalue weighted by Gasteiger charge is -2.18. The summed E-state index contributed by atoms with van der Waals surface area (Å²) in [6, 6.07) is 0. The minimum atomic E-state index is -0.773. The molecule has 0 N–H and O–H groups in total. The fourth-order valence-electron chi connectivity index (χ4n) is 8.76. The lowest BCUT2D eigenvalue weighted by Crippen LogP contribution is -2.30. The van der Waals surface area contributed by atoms with Crippen LogP contribution in [0.3, 0.4) is 0 Å². The highest BCUT2D eigenvalue weighted by Gasteiger charge is 2.19. The van der Waals surface area contributed by atoms with Crippen molar-refractivity contribution in [2.75, 3.05) is 13.2 Å². The summed E-state index contributed by atoms with van der Waals surface area (Å²) in [7, 11) is 0. The van der Waals surface area contributed by atoms with Gasteiger partial charge in [-0.15, -0.1) is 0 Å². The van der Waals surface area contributed by atoms with Crippen LogP contribution in [-0.4, -0.2) is 37.2 Å². The van der Waals surface area contributed by atoms with Crippen LogP contribution in [0.5, 0.6) is 0 Å². The minimum Gasteiger partial charge on any atom is -0.462 e. The summed E-state index contributed by atoms with van der Waals surface area (Å²) < 4.78 is 16.8. The zero-order chi connectivity index (χ0) is 47.9. The van der Waals surface area contributed by atoms with Gasteiger partial charge in [-0.05, 0) is 44.9 Å². The summed E-state index contributed by atoms with van der Waals surface area (Å²) in [5.41, 5.74) is 0. The molecule has 0 aromatic carbocycles. The van der Waals surface area contributed by atoms with E-state index in [-0.39, 0.29) is 31.1 Å². The monoisotopic (exact) mass is 929 g/mol. The van der Waals surface area contributed by atoms with Gasteiger partial charge in [0.2, 0.25) is 0 Å². The van der Waals surface area contributed by atoms with E-state index < -0.39 is 6.10 Å². The van der Waals surface area contributed by atoms with E-state index >= 15 is 0 Å². The van der Waals surface area contributed by atoms with E-state index in [0.29, 0.717) is 19.3 Å². The van der Waals surface area contributed by atoms with Gasteiger partial charge in [0.05, 0.1) is 0 Å². The number of allylic oxidation sites excluding steroid dienone is 4. The molecular formula is C60H112O6. The second kappa shape index (κ2) is 55.5. The van der Waals surface area contributed by atoms with Crippen molar-refractivity contribution >= 4 is 17.9 Å². The minimum absolute atomic E-state index is 0.0717. The fraction of sp³-hybridized carbons (Fsp3) is 0.883. The first-order valence-corrected chi connectivity index (χ1v) is 29.3. The number of esters is 3. The Hall–Kier alpha value is -2.11. The van der Waals surface area contributed by atoms with Gasteiger partial charge in [0.15, 0.2) is 6.10 Å². The third kappa shape index (κ3) is 52.9. The van der Waals surface area contributed by atoms with Crippen molar-refractivity contribution in [3.8, 4) is 0 Å². The predicted molar refractivity (Wildman–Crippen MR) is 284 cm³/mol. The third-order valence-electron chi connectivity index (χ3n) is 13.2. The van der Waals surface area contributed by atoms with Crippen LogP contribution in [-0.2, 0) is 28.6 Å². The average Bonchev–Trinajstić information content (AvgIpc) is 3.31. The molecule has 0 radical (unpaired) electrons. The van der Waals surface area contributed by atoms with Gasteiger partial charge < -0.3 is 14.2 Å². The summed E-state index contributed by atoms with van der Waals surface area (Å²) in [5, 5.41) is 0. The van der Waals surface area contributed by atoms with Crippen molar-refractivity contribution in [2.24, 2.45) is 0 Å². The zero-order valence-corrected chi connectivity index (χ0v) is 44.5. The highest BCUT2D eigenvalue weighted by Crippen LogP contribution is 2.17. The molecule has 0 amide bonds. The van der Waals surface area contributed by atoms with Crippen molar-refractivity contribution in [3.05, 3.63) is 24.3 Å². The molecule has 0 rings (SSSR count). The Labute approximate surface area is 411 Å². The van der Waals surface area contributed by atoms with Gasteiger partial charge in [0.25, 0.3) is 0 Å². The molecule has 0 saturated carbocycles. The Morgan fingerprint density at radius 2 is 0.561 bits per heavy atom. The molecule has 6 heteroatoms. The molecule has 0 aliphatic rings. The standard InChI is InChI=1S/C60H112O6/c1-4-7-10-13-16-19-22-24-26-27-28-29-30-31-32-33-34-36-38-41-44-47-50-53-59(62)65-56-57(55-64-58(61)52-49-46-43-40-37-21-18-15-12-9-6-3)66-60(63)54-51-48-45-42-39-35-25-23-20-17-14-11-8-5-2/h14,17,23,25,57H,4-13,15-16,18-22,24,26-56H2,1-3H3/b17-14-,25-23-. The summed E-state index contributed by atoms with van der Waals surface area (Å²) in [6.07, 6.45) is 64.7. The van der Waals surface area contributed by atoms with E-state index in [2.05, 4.69) is 45.1 Å². The van der Waals surface area contributed by atoms with Gasteiger partial charge in [0.1, 0.15) is 13.2 Å². The van der Waals surface area contributed by atoms with Crippen LogP contribution in [0.15, 0.2) is 24.3 Å². The zero-order valence-electron chi connectivity index (χ0n) is 44.5. The number of unbranched alkanes of at least 4 members (excludes halogenated alkanes) is 39. The second-order valence-corrected chi connectivity index (χ2v) is 19.9. The molecule has 1 atom stereocenters. The maximum Gasteiger partial charge on any atom is 0.306 e. The molecule has 0 fully saturated rings. The van der Waals surface area contributed by atoms with Gasteiger partial charge >= 0.3 is 17.9 Å². The lowest BCUT2D eigenvalue weighted by molar-refractivity contribution is -0.167. The average molecular weight is 930 g/mol. The summed E-state index contributed by atoms with van der Waals surface area (Å²) >= 11 is 0. The number of ether oxygens (including phenoxy) is 3. The fourth-order valence-corrected chi connectivity index (χ4v) is 8.76. The number of hydrogen-bond acceptors (Lipinski definition) is 6. The van der Waals surface area contributed by atoms with E-state index in [1.54, 1.807) is 0 Å². The SMILES string of the molecule is CCCC/C=C\C/C=C\CCCCCCCC(=O)OC(COC(=O)CCCCCCCCCCCCC)COC(=O)CCCCCCCCCCCCCCCCCCCCCCCCC. The maximum atomic E-state index is 12.8. The van der Waals surface area contributed by atoms with Crippen LogP contribution in [0.25, 0.3) is 0 Å². The number of carbonyl (C=O) groups is 3. The smallest absolute Gasteiger partial charge is 0.306 e. The molecule has 0 bridgehead atoms. The van der Waals surface area contributed by atoms with E-state index in [1.165, 1.54) is 199 Å². The summed E-state index contributed by atoms with van der Waals surface area (Å²) in [5.74, 6) is -0.867. The molecule has 6 nitrogen and oxygen atoms in total. The third-order valence-corrected chi connectivity index (χ3v) is 13.2. The molecular weight excluding hydrogens is 817 g/mol. The van der Waals surface area contributed by atoms with Gasteiger partial charge in [-0.25, -0.2) is 0 Å². The van der Waals surface area contributed by atoms with Crippen molar-refractivity contribution in [1.82, 2.24) is 0 Å². The van der Waals surface area contributed by atoms with E-state index in [9.17, 15) is 14.4 Å². The Morgan fingerprint density at radius 3 is 0.879 bits per heavy atom. The van der Waals surface area contributed by atoms with Gasteiger partial charge in [0, 0.05) is 19.3 Å². The van der Waals surface area contributed by atoms with Crippen molar-refractivity contribution < 1.29 is 28.6 Å². The predicted octanol–water partition coefficient (Wildman–Crippen LogP) is 19.5. The van der Waals surface area contributed by atoms with E-state index in [0.717, 1.165) is 83.5 Å². The molecule has 0 aliphatic carbocycles. The number of hydrogen-bond donors (Lipinski definition) is 0. The van der Waals surface area contributed by atoms with Crippen LogP contribution >= 0.6 is 0 Å². The van der Waals surface area contributed by atoms with E-state index in [4.69, 9.17) is 14.2 Å². The Morgan fingerprint density at radius 1 is 0.303 bits per heavy atom. The first kappa shape index (κ1) is 63.9. The number of rotatable bonds is 54. The van der Waals surface area contributed by atoms with Crippen molar-refractivity contribution in [3.63, 3.8) is 0 Å². The maximum absolute atomic E-state index is 12.8. The van der Waals surface area contributed by atoms with Gasteiger partial charge in [-0.2, -0.15) is 0 Å². The quantitative estimate of drug-likeness (QED) is 0.0262. The highest BCUT2D eigenvalue weighted by molar-refractivity contribution is 5.71. The topological polar surface area (TPSA) is 78.9 Å². The molecule has 0 saturated heterocycles. The molecule has 0 aromatic heterocycles. The normalized spacial score (nSPS) is 12.1. The Bertz CT molecular complexity index is 1070. The van der Waals surface area contributed by atoms with Crippen LogP contribution in [0.1, 0.15) is 323 Å². The molecule has 388 valence electrons. The molecule has 0 aromatic rings. The molecule has 66 heavy (non-hydrogen) atoms. The van der Waals surface area contributed by atoms with Crippen molar-refractivity contribution in [1.29, 1.82) is 0 Å². The second-order valence-electron chi connectivity index (χ2n) is 19.9. The van der Waals surface area contributed by atoms with Gasteiger partial charge in [-0.3, -0.25) is 14.4 Å². The first-order chi connectivity index (χ1) is 32.5. The lowest BCUT2D eigenvalue weighted by atomic mass is 10.0. The van der Waals surface area contributed by atoms with Crippen LogP contribution < -0.4 is 0 Å². The highest BCUT2D eigenvalue weighted by atomic mass is 16.6. The molecule has 0 heterocycles. The molecule has 0 spiro atoms. The van der Waals surface area contributed by atoms with Crippen LogP contribution in [0.2, 0.25) is 0 Å². The Balaban J connectivity index is 4.21. The van der Waals surface area contributed by atoms with Gasteiger partial charge in [-0.1, -0.05) is 283 Å². The summed E-state index contributed by atoms with van der Waals surface area (Å²) in [6.45, 7) is 6.63. The molecule has 1 unspecified atom stereocenters. The van der Waals surface area contributed by atoms with Crippen molar-refractivity contribution in [2.45, 2.75) is 329 Å². The largest absolute Gasteiger partial charge is 0.462 e. The first-order valence-electron chi connectivity index (χ1n) is 29.3. The Kier molecular flexibility index (Phi) is 53.7.